The van der Waals surface area contributed by atoms with Crippen LogP contribution in [0.15, 0.2) is 59.5 Å². The SMILES string of the molecule is C[C@H](OC(=O)c1ccccc1)C(=O)Nc1cccc(S(N)(=O)=O)c1. The molecule has 0 bridgehead atoms. The summed E-state index contributed by atoms with van der Waals surface area (Å²) in [5.74, 6) is -1.22. The summed E-state index contributed by atoms with van der Waals surface area (Å²) >= 11 is 0. The molecule has 0 saturated heterocycles. The summed E-state index contributed by atoms with van der Waals surface area (Å²) in [6.45, 7) is 1.42. The molecule has 0 saturated carbocycles. The Morgan fingerprint density at radius 3 is 2.38 bits per heavy atom. The fourth-order valence-corrected chi connectivity index (χ4v) is 2.41. The number of primary sulfonamides is 1. The lowest BCUT2D eigenvalue weighted by atomic mass is 10.2. The van der Waals surface area contributed by atoms with E-state index >= 15 is 0 Å². The topological polar surface area (TPSA) is 116 Å². The summed E-state index contributed by atoms with van der Waals surface area (Å²) < 4.78 is 27.7. The fraction of sp³-hybridized carbons (Fsp3) is 0.125. The highest BCUT2D eigenvalue weighted by atomic mass is 32.2. The second-order valence-electron chi connectivity index (χ2n) is 4.98. The van der Waals surface area contributed by atoms with Crippen molar-refractivity contribution in [2.75, 3.05) is 5.32 Å². The molecular formula is C16H16N2O5S. The molecule has 0 aliphatic rings. The zero-order chi connectivity index (χ0) is 17.7. The Labute approximate surface area is 139 Å². The molecule has 1 amide bonds. The normalized spacial score (nSPS) is 12.2. The number of ether oxygens (including phenoxy) is 1. The first kappa shape index (κ1) is 17.6. The van der Waals surface area contributed by atoms with Gasteiger partial charge >= 0.3 is 5.97 Å². The molecule has 0 aliphatic carbocycles. The number of amides is 1. The van der Waals surface area contributed by atoms with Gasteiger partial charge in [-0.05, 0) is 37.3 Å². The summed E-state index contributed by atoms with van der Waals surface area (Å²) in [7, 11) is -3.87. The third kappa shape index (κ3) is 4.64. The Bertz CT molecular complexity index is 850. The van der Waals surface area contributed by atoms with Crippen LogP contribution in [0.4, 0.5) is 5.69 Å². The molecule has 1 atom stereocenters. The Balaban J connectivity index is 2.03. The summed E-state index contributed by atoms with van der Waals surface area (Å²) in [4.78, 5) is 23.8. The maximum atomic E-state index is 12.1. The van der Waals surface area contributed by atoms with Crippen LogP contribution in [0.25, 0.3) is 0 Å². The van der Waals surface area contributed by atoms with Gasteiger partial charge in [-0.25, -0.2) is 18.4 Å². The first-order valence-corrected chi connectivity index (χ1v) is 8.52. The molecule has 3 N–H and O–H groups in total. The van der Waals surface area contributed by atoms with E-state index in [2.05, 4.69) is 5.32 Å². The lowest BCUT2D eigenvalue weighted by Gasteiger charge is -2.14. The minimum absolute atomic E-state index is 0.130. The average Bonchev–Trinajstić information content (AvgIpc) is 2.55. The van der Waals surface area contributed by atoms with Gasteiger partial charge in [0.1, 0.15) is 0 Å². The van der Waals surface area contributed by atoms with E-state index < -0.39 is 28.0 Å². The van der Waals surface area contributed by atoms with Crippen LogP contribution in [0.1, 0.15) is 17.3 Å². The molecule has 0 aromatic heterocycles. The zero-order valence-electron chi connectivity index (χ0n) is 12.8. The maximum Gasteiger partial charge on any atom is 0.338 e. The predicted molar refractivity (Wildman–Crippen MR) is 87.8 cm³/mol. The van der Waals surface area contributed by atoms with Gasteiger partial charge in [0.25, 0.3) is 5.91 Å². The van der Waals surface area contributed by atoms with Crippen LogP contribution in [0.3, 0.4) is 0 Å². The van der Waals surface area contributed by atoms with Crippen molar-refractivity contribution < 1.29 is 22.7 Å². The number of esters is 1. The highest BCUT2D eigenvalue weighted by Crippen LogP contribution is 2.15. The van der Waals surface area contributed by atoms with E-state index in [1.54, 1.807) is 30.3 Å². The van der Waals surface area contributed by atoms with Gasteiger partial charge in [0.05, 0.1) is 10.5 Å². The van der Waals surface area contributed by atoms with Crippen molar-refractivity contribution in [3.63, 3.8) is 0 Å². The largest absolute Gasteiger partial charge is 0.449 e. The van der Waals surface area contributed by atoms with E-state index in [1.165, 1.54) is 31.2 Å². The third-order valence-corrected chi connectivity index (χ3v) is 4.00. The second-order valence-corrected chi connectivity index (χ2v) is 6.54. The van der Waals surface area contributed by atoms with Gasteiger partial charge in [0, 0.05) is 5.69 Å². The van der Waals surface area contributed by atoms with Gasteiger partial charge < -0.3 is 10.1 Å². The first-order valence-electron chi connectivity index (χ1n) is 6.97. The molecule has 2 aromatic carbocycles. The van der Waals surface area contributed by atoms with Crippen LogP contribution in [-0.2, 0) is 19.6 Å². The maximum absolute atomic E-state index is 12.1. The lowest BCUT2D eigenvalue weighted by molar-refractivity contribution is -0.123. The number of rotatable bonds is 5. The van der Waals surface area contributed by atoms with Crippen LogP contribution in [0.2, 0.25) is 0 Å². The van der Waals surface area contributed by atoms with Gasteiger partial charge in [-0.1, -0.05) is 24.3 Å². The molecule has 0 spiro atoms. The molecule has 8 heteroatoms. The molecule has 0 aliphatic heterocycles. The quantitative estimate of drug-likeness (QED) is 0.795. The van der Waals surface area contributed by atoms with E-state index in [-0.39, 0.29) is 10.6 Å². The number of anilines is 1. The third-order valence-electron chi connectivity index (χ3n) is 3.09. The van der Waals surface area contributed by atoms with Crippen LogP contribution >= 0.6 is 0 Å². The van der Waals surface area contributed by atoms with Crippen molar-refractivity contribution in [1.82, 2.24) is 0 Å². The molecular weight excluding hydrogens is 332 g/mol. The van der Waals surface area contributed by atoms with Crippen LogP contribution in [0.5, 0.6) is 0 Å². The van der Waals surface area contributed by atoms with E-state index in [9.17, 15) is 18.0 Å². The van der Waals surface area contributed by atoms with Gasteiger partial charge in [0.15, 0.2) is 6.10 Å². The first-order chi connectivity index (χ1) is 11.3. The summed E-state index contributed by atoms with van der Waals surface area (Å²) in [6, 6.07) is 13.7. The standard InChI is InChI=1S/C16H16N2O5S/c1-11(23-16(20)12-6-3-2-4-7-12)15(19)18-13-8-5-9-14(10-13)24(17,21)22/h2-11H,1H3,(H,18,19)(H2,17,21,22)/t11-/m0/s1. The van der Waals surface area contributed by atoms with Crippen molar-refractivity contribution >= 4 is 27.6 Å². The van der Waals surface area contributed by atoms with Crippen molar-refractivity contribution in [1.29, 1.82) is 0 Å². The smallest absolute Gasteiger partial charge is 0.338 e. The summed E-state index contributed by atoms with van der Waals surface area (Å²) in [5.41, 5.74) is 0.558. The van der Waals surface area contributed by atoms with E-state index in [0.29, 0.717) is 5.56 Å². The number of nitrogens with one attached hydrogen (secondary N) is 1. The number of hydrogen-bond acceptors (Lipinski definition) is 5. The van der Waals surface area contributed by atoms with E-state index in [0.717, 1.165) is 0 Å². The molecule has 0 radical (unpaired) electrons. The lowest BCUT2D eigenvalue weighted by Crippen LogP contribution is -2.30. The van der Waals surface area contributed by atoms with E-state index in [1.807, 2.05) is 0 Å². The highest BCUT2D eigenvalue weighted by molar-refractivity contribution is 7.89. The van der Waals surface area contributed by atoms with Crippen LogP contribution in [0, 0.1) is 0 Å². The minimum atomic E-state index is -3.87. The van der Waals surface area contributed by atoms with Crippen LogP contribution in [-0.4, -0.2) is 26.4 Å². The van der Waals surface area contributed by atoms with Crippen LogP contribution < -0.4 is 10.5 Å². The Hall–Kier alpha value is -2.71. The highest BCUT2D eigenvalue weighted by Gasteiger charge is 2.19. The van der Waals surface area contributed by atoms with Crippen molar-refractivity contribution in [3.8, 4) is 0 Å². The number of carbonyl (C=O) groups excluding carboxylic acids is 2. The Morgan fingerprint density at radius 1 is 1.08 bits per heavy atom. The molecule has 0 unspecified atom stereocenters. The Kier molecular flexibility index (Phi) is 5.32. The minimum Gasteiger partial charge on any atom is -0.449 e. The number of carbonyl (C=O) groups is 2. The van der Waals surface area contributed by atoms with Crippen molar-refractivity contribution in [2.45, 2.75) is 17.9 Å². The fourth-order valence-electron chi connectivity index (χ4n) is 1.85. The monoisotopic (exact) mass is 348 g/mol. The number of benzene rings is 2. The molecule has 0 heterocycles. The molecule has 126 valence electrons. The summed E-state index contributed by atoms with van der Waals surface area (Å²) in [6.07, 6.45) is -1.06. The van der Waals surface area contributed by atoms with Crippen molar-refractivity contribution in [2.24, 2.45) is 5.14 Å². The Morgan fingerprint density at radius 2 is 1.75 bits per heavy atom. The number of nitrogens with two attached hydrogens (primary N) is 1. The second kappa shape index (κ2) is 7.24. The zero-order valence-corrected chi connectivity index (χ0v) is 13.6. The van der Waals surface area contributed by atoms with Gasteiger partial charge in [-0.15, -0.1) is 0 Å². The van der Waals surface area contributed by atoms with Crippen molar-refractivity contribution in [3.05, 3.63) is 60.2 Å². The van der Waals surface area contributed by atoms with Gasteiger partial charge in [-0.3, -0.25) is 4.79 Å². The molecule has 7 nitrogen and oxygen atoms in total. The summed E-state index contributed by atoms with van der Waals surface area (Å²) in [5, 5.41) is 7.51. The molecule has 0 fully saturated rings. The molecule has 2 rings (SSSR count). The average molecular weight is 348 g/mol. The molecule has 2 aromatic rings. The van der Waals surface area contributed by atoms with Gasteiger partial charge in [0.2, 0.25) is 10.0 Å². The molecule has 24 heavy (non-hydrogen) atoms. The van der Waals surface area contributed by atoms with E-state index in [4.69, 9.17) is 9.88 Å². The van der Waals surface area contributed by atoms with Gasteiger partial charge in [-0.2, -0.15) is 0 Å². The predicted octanol–water partition coefficient (Wildman–Crippen LogP) is 1.52. The number of hydrogen-bond donors (Lipinski definition) is 2. The number of sulfonamides is 1.